The molecule has 1 fully saturated rings. The topological polar surface area (TPSA) is 71.1 Å². The van der Waals surface area contributed by atoms with Crippen molar-refractivity contribution >= 4 is 46.2 Å². The van der Waals surface area contributed by atoms with Crippen LogP contribution in [-0.2, 0) is 9.59 Å². The highest BCUT2D eigenvalue weighted by atomic mass is 32.1. The first-order valence-corrected chi connectivity index (χ1v) is 10.8. The molecule has 0 aliphatic carbocycles. The molecule has 2 amide bonds. The number of nitrogens with zero attached hydrogens (tertiary/aromatic N) is 2. The lowest BCUT2D eigenvalue weighted by Crippen LogP contribution is -2.38. The zero-order valence-corrected chi connectivity index (χ0v) is 19.3. The lowest BCUT2D eigenvalue weighted by molar-refractivity contribution is -0.122. The summed E-state index contributed by atoms with van der Waals surface area (Å²) in [6.45, 7) is 0. The lowest BCUT2D eigenvalue weighted by atomic mass is 10.1. The standard InChI is InChI=1S/C25H22FN3O4S/c1-32-20-11-5-17(6-12-20)27-23(30)15-22-24(31)29(19-9-13-21(33-2)14-10-19)25(34)28(22)18-7-3-16(26)4-8-18/h3-14,22H,15H2,1-2H3,(H,27,30). The molecule has 0 spiro atoms. The molecule has 34 heavy (non-hydrogen) atoms. The molecular weight excluding hydrogens is 457 g/mol. The summed E-state index contributed by atoms with van der Waals surface area (Å²) < 4.78 is 23.9. The minimum absolute atomic E-state index is 0.158. The molecule has 174 valence electrons. The number of thiocarbonyl (C=S) groups is 1. The monoisotopic (exact) mass is 479 g/mol. The van der Waals surface area contributed by atoms with Gasteiger partial charge in [-0.25, -0.2) is 4.39 Å². The fraction of sp³-hybridized carbons (Fsp3) is 0.160. The van der Waals surface area contributed by atoms with E-state index in [9.17, 15) is 14.0 Å². The number of carbonyl (C=O) groups is 2. The fourth-order valence-corrected chi connectivity index (χ4v) is 4.12. The van der Waals surface area contributed by atoms with E-state index in [2.05, 4.69) is 5.32 Å². The Labute approximate surface area is 201 Å². The van der Waals surface area contributed by atoms with Gasteiger partial charge in [-0.15, -0.1) is 0 Å². The second-order valence-electron chi connectivity index (χ2n) is 7.50. The van der Waals surface area contributed by atoms with Crippen molar-refractivity contribution in [2.45, 2.75) is 12.5 Å². The molecule has 1 heterocycles. The largest absolute Gasteiger partial charge is 0.497 e. The van der Waals surface area contributed by atoms with Gasteiger partial charge in [0.05, 0.1) is 26.3 Å². The summed E-state index contributed by atoms with van der Waals surface area (Å²) in [6.07, 6.45) is -0.158. The summed E-state index contributed by atoms with van der Waals surface area (Å²) in [6, 6.07) is 18.5. The Morgan fingerprint density at radius 1 is 0.912 bits per heavy atom. The zero-order valence-electron chi connectivity index (χ0n) is 18.5. The third-order valence-electron chi connectivity index (χ3n) is 5.40. The van der Waals surface area contributed by atoms with E-state index in [4.69, 9.17) is 21.7 Å². The Bertz CT molecular complexity index is 1200. The number of hydrogen-bond acceptors (Lipinski definition) is 5. The molecular formula is C25H22FN3O4S. The predicted molar refractivity (Wildman–Crippen MR) is 132 cm³/mol. The molecule has 4 rings (SSSR count). The maximum Gasteiger partial charge on any atom is 0.257 e. The average molecular weight is 480 g/mol. The predicted octanol–water partition coefficient (Wildman–Crippen LogP) is 4.38. The molecule has 1 atom stereocenters. The van der Waals surface area contributed by atoms with Gasteiger partial charge in [-0.05, 0) is 85.0 Å². The summed E-state index contributed by atoms with van der Waals surface area (Å²) >= 11 is 5.64. The van der Waals surface area contributed by atoms with Gasteiger partial charge >= 0.3 is 0 Å². The number of rotatable bonds is 7. The number of benzene rings is 3. The van der Waals surface area contributed by atoms with Crippen LogP contribution >= 0.6 is 12.2 Å². The number of hydrogen-bond donors (Lipinski definition) is 1. The molecule has 0 radical (unpaired) electrons. The highest BCUT2D eigenvalue weighted by molar-refractivity contribution is 7.81. The number of ether oxygens (including phenoxy) is 2. The molecule has 7 nitrogen and oxygen atoms in total. The van der Waals surface area contributed by atoms with Crippen molar-refractivity contribution in [2.24, 2.45) is 0 Å². The van der Waals surface area contributed by atoms with Crippen molar-refractivity contribution in [2.75, 3.05) is 29.3 Å². The van der Waals surface area contributed by atoms with Gasteiger partial charge in [-0.1, -0.05) is 0 Å². The molecule has 0 saturated carbocycles. The third kappa shape index (κ3) is 4.69. The van der Waals surface area contributed by atoms with Crippen molar-refractivity contribution in [1.82, 2.24) is 0 Å². The van der Waals surface area contributed by atoms with E-state index in [1.807, 2.05) is 0 Å². The molecule has 1 aliphatic rings. The molecule has 3 aromatic carbocycles. The van der Waals surface area contributed by atoms with E-state index in [1.54, 1.807) is 67.7 Å². The van der Waals surface area contributed by atoms with Crippen LogP contribution in [-0.4, -0.2) is 37.2 Å². The first-order valence-electron chi connectivity index (χ1n) is 10.4. The van der Waals surface area contributed by atoms with Gasteiger partial charge in [0.15, 0.2) is 5.11 Å². The zero-order chi connectivity index (χ0) is 24.2. The van der Waals surface area contributed by atoms with Gasteiger partial charge in [0.2, 0.25) is 5.91 Å². The van der Waals surface area contributed by atoms with Gasteiger partial charge < -0.3 is 19.7 Å². The van der Waals surface area contributed by atoms with E-state index in [0.29, 0.717) is 28.6 Å². The highest BCUT2D eigenvalue weighted by Crippen LogP contribution is 2.32. The van der Waals surface area contributed by atoms with Crippen LogP contribution in [0.1, 0.15) is 6.42 Å². The van der Waals surface area contributed by atoms with Crippen molar-refractivity contribution in [3.8, 4) is 11.5 Å². The summed E-state index contributed by atoms with van der Waals surface area (Å²) in [7, 11) is 3.11. The summed E-state index contributed by atoms with van der Waals surface area (Å²) in [4.78, 5) is 29.3. The molecule has 3 aromatic rings. The van der Waals surface area contributed by atoms with E-state index in [-0.39, 0.29) is 23.3 Å². The number of amides is 2. The van der Waals surface area contributed by atoms with Crippen LogP contribution in [0, 0.1) is 5.82 Å². The van der Waals surface area contributed by atoms with Gasteiger partial charge in [-0.2, -0.15) is 0 Å². The Kier molecular flexibility index (Phi) is 6.74. The Hall–Kier alpha value is -3.98. The van der Waals surface area contributed by atoms with Gasteiger partial charge in [-0.3, -0.25) is 14.5 Å². The average Bonchev–Trinajstić information content (AvgIpc) is 3.09. The number of nitrogens with one attached hydrogen (secondary N) is 1. The van der Waals surface area contributed by atoms with Crippen LogP contribution in [0.5, 0.6) is 11.5 Å². The first kappa shape index (κ1) is 23.2. The number of carbonyl (C=O) groups excluding carboxylic acids is 2. The second kappa shape index (κ2) is 9.88. The summed E-state index contributed by atoms with van der Waals surface area (Å²) in [5, 5.41) is 2.99. The Morgan fingerprint density at radius 3 is 2.00 bits per heavy atom. The van der Waals surface area contributed by atoms with Gasteiger partial charge in [0.1, 0.15) is 23.4 Å². The third-order valence-corrected chi connectivity index (χ3v) is 5.78. The van der Waals surface area contributed by atoms with Crippen molar-refractivity contribution in [3.63, 3.8) is 0 Å². The quantitative estimate of drug-likeness (QED) is 0.508. The van der Waals surface area contributed by atoms with Crippen molar-refractivity contribution < 1.29 is 23.5 Å². The van der Waals surface area contributed by atoms with E-state index in [1.165, 1.54) is 29.2 Å². The van der Waals surface area contributed by atoms with E-state index < -0.39 is 11.9 Å². The minimum Gasteiger partial charge on any atom is -0.497 e. The van der Waals surface area contributed by atoms with E-state index >= 15 is 0 Å². The summed E-state index contributed by atoms with van der Waals surface area (Å²) in [5.41, 5.74) is 1.62. The molecule has 0 aromatic heterocycles. The molecule has 0 bridgehead atoms. The van der Waals surface area contributed by atoms with Crippen LogP contribution in [0.3, 0.4) is 0 Å². The molecule has 1 aliphatic heterocycles. The molecule has 1 N–H and O–H groups in total. The maximum absolute atomic E-state index is 13.6. The van der Waals surface area contributed by atoms with Crippen molar-refractivity contribution in [3.05, 3.63) is 78.6 Å². The second-order valence-corrected chi connectivity index (χ2v) is 7.86. The number of anilines is 3. The Morgan fingerprint density at radius 2 is 1.44 bits per heavy atom. The van der Waals surface area contributed by atoms with Gasteiger partial charge in [0, 0.05) is 11.4 Å². The van der Waals surface area contributed by atoms with Crippen LogP contribution in [0.25, 0.3) is 0 Å². The first-order chi connectivity index (χ1) is 16.4. The van der Waals surface area contributed by atoms with Crippen molar-refractivity contribution in [1.29, 1.82) is 0 Å². The van der Waals surface area contributed by atoms with Crippen LogP contribution in [0.2, 0.25) is 0 Å². The molecule has 1 saturated heterocycles. The van der Waals surface area contributed by atoms with Crippen LogP contribution < -0.4 is 24.6 Å². The fourth-order valence-electron chi connectivity index (χ4n) is 3.70. The molecule has 1 unspecified atom stereocenters. The van der Waals surface area contributed by atoms with E-state index in [0.717, 1.165) is 0 Å². The lowest BCUT2D eigenvalue weighted by Gasteiger charge is -2.24. The van der Waals surface area contributed by atoms with Gasteiger partial charge in [0.25, 0.3) is 5.91 Å². The molecule has 9 heteroatoms. The number of halogens is 1. The number of methoxy groups -OCH3 is 2. The smallest absolute Gasteiger partial charge is 0.257 e. The maximum atomic E-state index is 13.6. The van der Waals surface area contributed by atoms with Crippen LogP contribution in [0.15, 0.2) is 72.8 Å². The SMILES string of the molecule is COc1ccc(NC(=O)CC2C(=O)N(c3ccc(OC)cc3)C(=S)N2c2ccc(F)cc2)cc1. The van der Waals surface area contributed by atoms with Crippen LogP contribution in [0.4, 0.5) is 21.5 Å². The highest BCUT2D eigenvalue weighted by Gasteiger charge is 2.45. The summed E-state index contributed by atoms with van der Waals surface area (Å²) in [5.74, 6) is 0.152. The normalized spacial score (nSPS) is 15.4. The Balaban J connectivity index is 1.62. The minimum atomic E-state index is -0.904.